The number of hydrogen-bond acceptors (Lipinski definition) is 14. The standard InChI is InChI=1S/C57H109NO14Si3/c1-26-32-63-52-40(5)65-46(36-57(52,15)62-19)68-48-39(4)66-53(51(47(48)58(16,17)60)72-75(24,25)56(12,13)14)69-49-41-33-37(2)42(70-73(20,21)54(6,7)8)31-29-27-28-30-38(3)64-44(59)35-43(50(49)61-18)67-45(34-41)71-74(22,23)55(9,10)11/h27-29,31,37-43,45-53H,26,30,32-36H2,1-25H3/b28-27+,31-29+/t37-,38-,39+,40-,41-,42+,43-,45?,46-,47-,48+,49+,50+,51+,52-,53-,57+/m1/s1. The molecule has 4 aliphatic heterocycles. The van der Waals surface area contributed by atoms with Crippen LogP contribution in [0.3, 0.4) is 0 Å². The number of nitrogens with zero attached hydrogens (tertiary/aromatic N) is 1. The smallest absolute Gasteiger partial charge is 0.308 e. The lowest BCUT2D eigenvalue weighted by Crippen LogP contribution is -2.71. The molecule has 18 heteroatoms. The minimum atomic E-state index is -2.72. The Balaban J connectivity index is 1.97. The lowest BCUT2D eigenvalue weighted by molar-refractivity contribution is -0.879. The minimum Gasteiger partial charge on any atom is -0.633 e. The SMILES string of the molecule is CCCO[C@@H]1[C@@H](C)O[C@H](O[C@@H]2[C@@H]([N+](C)(C)[O-])[C@H](O[Si](C)(C)C(C)(C)C)[C@@H](O[C@H]3[C@H]4CC(O[Si](C)(C)C(C)(C)C)O[C@H](CC(=O)O[C@H](C)C/C=C/C=C/[C@H](O[Si](C)(C)C(C)(C)C)[C@H](C)C4)[C@@H]3OC)O[C@H]2C)C[C@]1(C)OC. The van der Waals surface area contributed by atoms with E-state index in [-0.39, 0.29) is 51.7 Å². The second kappa shape index (κ2) is 25.9. The van der Waals surface area contributed by atoms with Crippen LogP contribution in [0.25, 0.3) is 0 Å². The Labute approximate surface area is 459 Å². The highest BCUT2D eigenvalue weighted by atomic mass is 28.4. The monoisotopic (exact) mass is 1120 g/mol. The largest absolute Gasteiger partial charge is 0.633 e. The highest BCUT2D eigenvalue weighted by molar-refractivity contribution is 6.75. The number of quaternary nitrogens is 1. The summed E-state index contributed by atoms with van der Waals surface area (Å²) < 4.78 is 82.1. The summed E-state index contributed by atoms with van der Waals surface area (Å²) in [4.78, 5) is 14.1. The van der Waals surface area contributed by atoms with Gasteiger partial charge < -0.3 is 65.8 Å². The van der Waals surface area contributed by atoms with Crippen LogP contribution in [0.15, 0.2) is 24.3 Å². The number of ether oxygens (including phenoxy) is 9. The van der Waals surface area contributed by atoms with Gasteiger partial charge in [-0.25, -0.2) is 0 Å². The molecule has 4 heterocycles. The molecule has 0 aliphatic carbocycles. The van der Waals surface area contributed by atoms with Crippen LogP contribution in [0, 0.1) is 17.0 Å². The zero-order chi connectivity index (χ0) is 57.1. The first-order chi connectivity index (χ1) is 34.2. The molecule has 15 nitrogen and oxygen atoms in total. The van der Waals surface area contributed by atoms with Crippen molar-refractivity contribution < 1.29 is 65.4 Å². The Kier molecular flexibility index (Phi) is 23.0. The summed E-state index contributed by atoms with van der Waals surface area (Å²) in [5, 5.41) is 14.7. The van der Waals surface area contributed by atoms with E-state index in [0.29, 0.717) is 32.3 Å². The molecular weight excluding hydrogens is 1010 g/mol. The summed E-state index contributed by atoms with van der Waals surface area (Å²) in [6.07, 6.45) is 2.22. The number of rotatable bonds is 16. The van der Waals surface area contributed by atoms with Crippen molar-refractivity contribution >= 4 is 30.9 Å². The Hall–Kier alpha value is -0.919. The van der Waals surface area contributed by atoms with E-state index in [4.69, 9.17) is 55.9 Å². The molecule has 75 heavy (non-hydrogen) atoms. The molecule has 0 aromatic carbocycles. The second-order valence-electron chi connectivity index (χ2n) is 27.7. The first-order valence-corrected chi connectivity index (χ1v) is 37.0. The van der Waals surface area contributed by atoms with Crippen LogP contribution < -0.4 is 0 Å². The van der Waals surface area contributed by atoms with Gasteiger partial charge in [0.1, 0.15) is 36.7 Å². The lowest BCUT2D eigenvalue weighted by atomic mass is 9.83. The first kappa shape index (κ1) is 66.6. The van der Waals surface area contributed by atoms with Gasteiger partial charge in [-0.2, -0.15) is 0 Å². The first-order valence-electron chi connectivity index (χ1n) is 28.3. The van der Waals surface area contributed by atoms with Gasteiger partial charge in [-0.15, -0.1) is 0 Å². The quantitative estimate of drug-likeness (QED) is 0.0624. The van der Waals surface area contributed by atoms with Gasteiger partial charge in [0, 0.05) is 40.1 Å². The lowest BCUT2D eigenvalue weighted by Gasteiger charge is -2.57. The molecule has 0 saturated carbocycles. The molecule has 17 atom stereocenters. The number of allylic oxidation sites excluding steroid dienone is 2. The fourth-order valence-electron chi connectivity index (χ4n) is 10.2. The van der Waals surface area contributed by atoms with Gasteiger partial charge in [0.15, 0.2) is 43.6 Å². The number of carbonyl (C=O) groups excluding carboxylic acids is 1. The average Bonchev–Trinajstić information content (AvgIpc) is 3.36. The fraction of sp³-hybridized carbons (Fsp3) is 0.912. The van der Waals surface area contributed by atoms with Crippen molar-refractivity contribution in [1.82, 2.24) is 0 Å². The molecule has 0 aromatic heterocycles. The van der Waals surface area contributed by atoms with E-state index < -0.39 is 109 Å². The maximum absolute atomic E-state index is 15.2. The summed E-state index contributed by atoms with van der Waals surface area (Å²) in [6, 6.07) is -0.858. The molecule has 0 spiro atoms. The maximum Gasteiger partial charge on any atom is 0.308 e. The number of esters is 1. The van der Waals surface area contributed by atoms with Gasteiger partial charge in [0.25, 0.3) is 0 Å². The van der Waals surface area contributed by atoms with E-state index in [1.807, 2.05) is 39.8 Å². The molecule has 1 unspecified atom stereocenters. The van der Waals surface area contributed by atoms with E-state index in [1.165, 1.54) is 0 Å². The number of hydrogen-bond donors (Lipinski definition) is 0. The summed E-state index contributed by atoms with van der Waals surface area (Å²) in [7, 11) is -0.892. The molecular formula is C57H109NO14Si3. The van der Waals surface area contributed by atoms with Crippen LogP contribution in [0.2, 0.25) is 54.4 Å². The molecule has 438 valence electrons. The van der Waals surface area contributed by atoms with Crippen molar-refractivity contribution in [2.24, 2.45) is 11.8 Å². The molecule has 2 bridgehead atoms. The number of fused-ring (bicyclic) bond motifs is 3. The summed E-state index contributed by atoms with van der Waals surface area (Å²) in [5.41, 5.74) is -0.732. The van der Waals surface area contributed by atoms with E-state index in [0.717, 1.165) is 6.42 Å². The van der Waals surface area contributed by atoms with Crippen molar-refractivity contribution in [2.75, 3.05) is 34.9 Å². The predicted molar refractivity (Wildman–Crippen MR) is 305 cm³/mol. The van der Waals surface area contributed by atoms with Crippen molar-refractivity contribution in [2.45, 2.75) is 288 Å². The Bertz CT molecular complexity index is 1860. The fourth-order valence-corrected chi connectivity index (χ4v) is 14.0. The van der Waals surface area contributed by atoms with Gasteiger partial charge in [-0.3, -0.25) is 4.79 Å². The molecule has 4 rings (SSSR count). The van der Waals surface area contributed by atoms with E-state index >= 15 is 5.21 Å². The number of hydroxylamine groups is 3. The zero-order valence-corrected chi connectivity index (χ0v) is 54.7. The van der Waals surface area contributed by atoms with E-state index in [2.05, 4.69) is 128 Å². The van der Waals surface area contributed by atoms with Crippen LogP contribution in [-0.4, -0.2) is 162 Å². The summed E-state index contributed by atoms with van der Waals surface area (Å²) >= 11 is 0. The van der Waals surface area contributed by atoms with Gasteiger partial charge in [-0.1, -0.05) is 100 Å². The third kappa shape index (κ3) is 17.1. The minimum absolute atomic E-state index is 0.0323. The molecule has 3 saturated heterocycles. The number of methoxy groups -OCH3 is 2. The third-order valence-electron chi connectivity index (χ3n) is 17.9. The molecule has 4 aliphatic rings. The average molecular weight is 1120 g/mol. The van der Waals surface area contributed by atoms with Crippen LogP contribution >= 0.6 is 0 Å². The van der Waals surface area contributed by atoms with E-state index in [1.54, 1.807) is 28.3 Å². The normalized spacial score (nSPS) is 37.7. The van der Waals surface area contributed by atoms with E-state index in [9.17, 15) is 4.79 Å². The molecule has 0 N–H and O–H groups in total. The van der Waals surface area contributed by atoms with Gasteiger partial charge in [-0.05, 0) is 107 Å². The molecule has 0 radical (unpaired) electrons. The Morgan fingerprint density at radius 3 is 1.87 bits per heavy atom. The Morgan fingerprint density at radius 1 is 0.733 bits per heavy atom. The van der Waals surface area contributed by atoms with Gasteiger partial charge >= 0.3 is 5.97 Å². The topological polar surface area (TPSA) is 151 Å². The number of likely N-dealkylation sites (N-methyl/N-ethyl adjacent to an activating group) is 1. The summed E-state index contributed by atoms with van der Waals surface area (Å²) in [5.74, 6) is -0.747. The molecule has 0 aromatic rings. The van der Waals surface area contributed by atoms with Crippen LogP contribution in [-0.2, 0) is 60.7 Å². The van der Waals surface area contributed by atoms with Gasteiger partial charge in [0.2, 0.25) is 0 Å². The van der Waals surface area contributed by atoms with Crippen LogP contribution in [0.1, 0.15) is 142 Å². The zero-order valence-electron chi connectivity index (χ0n) is 51.7. The van der Waals surface area contributed by atoms with Crippen molar-refractivity contribution in [3.8, 4) is 0 Å². The molecule has 0 amide bonds. The van der Waals surface area contributed by atoms with Crippen molar-refractivity contribution in [1.29, 1.82) is 0 Å². The Morgan fingerprint density at radius 2 is 1.32 bits per heavy atom. The van der Waals surface area contributed by atoms with Gasteiger partial charge in [0.05, 0.1) is 56.6 Å². The summed E-state index contributed by atoms with van der Waals surface area (Å²) in [6.45, 7) is 46.1. The van der Waals surface area contributed by atoms with Crippen molar-refractivity contribution in [3.63, 3.8) is 0 Å². The third-order valence-corrected chi connectivity index (χ3v) is 31.3. The highest BCUT2D eigenvalue weighted by Gasteiger charge is 2.59. The predicted octanol–water partition coefficient (Wildman–Crippen LogP) is 12.2. The van der Waals surface area contributed by atoms with Crippen LogP contribution in [0.5, 0.6) is 0 Å². The maximum atomic E-state index is 15.2. The second-order valence-corrected chi connectivity index (χ2v) is 42.0. The van der Waals surface area contributed by atoms with Crippen molar-refractivity contribution in [3.05, 3.63) is 29.5 Å². The highest BCUT2D eigenvalue weighted by Crippen LogP contribution is 2.47. The number of carbonyl (C=O) groups is 1. The number of cyclic esters (lactones) is 1. The van der Waals surface area contributed by atoms with Crippen LogP contribution in [0.4, 0.5) is 0 Å². The molecule has 3 fully saturated rings.